The first-order chi connectivity index (χ1) is 30.3. The summed E-state index contributed by atoms with van der Waals surface area (Å²) in [6.07, 6.45) is 0. The molecule has 0 atom stereocenters. The molecule has 0 amide bonds. The maximum atomic E-state index is 6.93. The van der Waals surface area contributed by atoms with Crippen molar-refractivity contribution in [2.45, 2.75) is 178 Å². The van der Waals surface area contributed by atoms with Crippen molar-refractivity contribution in [1.82, 2.24) is 18.3 Å². The highest BCUT2D eigenvalue weighted by Gasteiger charge is 2.35. The van der Waals surface area contributed by atoms with Gasteiger partial charge in [-0.25, -0.2) is 0 Å². The number of fused-ring (bicyclic) bond motifs is 2. The van der Waals surface area contributed by atoms with Crippen LogP contribution in [0.3, 0.4) is 0 Å². The molecule has 0 bridgehead atoms. The van der Waals surface area contributed by atoms with Crippen molar-refractivity contribution in [3.63, 3.8) is 0 Å². The number of nitrogens with zero attached hydrogens (tertiary/aromatic N) is 4. The molecule has 4 aromatic carbocycles. The van der Waals surface area contributed by atoms with E-state index in [9.17, 15) is 0 Å². The molecule has 6 aromatic rings. The van der Waals surface area contributed by atoms with E-state index in [-0.39, 0.29) is 0 Å². The molecular weight excluding hydrogens is 897 g/mol. The Labute approximate surface area is 410 Å². The Morgan fingerprint density at radius 2 is 0.422 bits per heavy atom. The van der Waals surface area contributed by atoms with Crippen LogP contribution in [0.4, 0.5) is 0 Å². The summed E-state index contributed by atoms with van der Waals surface area (Å²) in [6, 6.07) is 27.4. The quantitative estimate of drug-likeness (QED) is 0.0893. The Bertz CT molecular complexity index is 2330. The van der Waals surface area contributed by atoms with E-state index >= 15 is 0 Å². The Hall–Kier alpha value is -2.86. The summed E-state index contributed by atoms with van der Waals surface area (Å²) in [6.45, 7) is 37.0. The molecule has 0 N–H and O–H groups in total. The Morgan fingerprint density at radius 1 is 0.281 bits per heavy atom. The molecule has 0 aliphatic carbocycles. The minimum Gasteiger partial charge on any atom is -0.277 e. The Morgan fingerprint density at radius 3 is 0.547 bits per heavy atom. The van der Waals surface area contributed by atoms with Gasteiger partial charge in [-0.2, -0.15) is 0 Å². The molecule has 0 saturated heterocycles. The van der Waals surface area contributed by atoms with Crippen LogP contribution in [0.1, 0.15) is 203 Å². The summed E-state index contributed by atoms with van der Waals surface area (Å²) < 4.78 is 11.4. The van der Waals surface area contributed by atoms with Gasteiger partial charge in [0, 0.05) is 0 Å². The van der Waals surface area contributed by atoms with Crippen LogP contribution in [0.15, 0.2) is 92.9 Å². The first kappa shape index (κ1) is 49.1. The Balaban J connectivity index is 1.66. The van der Waals surface area contributed by atoms with Gasteiger partial charge in [0.2, 0.25) is 0 Å². The molecule has 64 heavy (non-hydrogen) atoms. The Kier molecular flexibility index (Phi) is 15.2. The van der Waals surface area contributed by atoms with Gasteiger partial charge in [-0.3, -0.25) is 18.3 Å². The summed E-state index contributed by atoms with van der Waals surface area (Å²) in [5, 5.41) is 4.60. The molecular formula is C54H68N4S6. The molecule has 7 rings (SSSR count). The van der Waals surface area contributed by atoms with E-state index in [2.05, 4.69) is 202 Å². The number of hydrogen-bond acceptors (Lipinski definition) is 6. The lowest BCUT2D eigenvalue weighted by molar-refractivity contribution is 0.773. The van der Waals surface area contributed by atoms with Gasteiger partial charge < -0.3 is 0 Å². The topological polar surface area (TPSA) is 19.7 Å². The van der Waals surface area contributed by atoms with Crippen molar-refractivity contribution in [2.24, 2.45) is 0 Å². The molecule has 1 aliphatic heterocycles. The lowest BCUT2D eigenvalue weighted by Crippen LogP contribution is -2.11. The number of imidazole rings is 2. The first-order valence-electron chi connectivity index (χ1n) is 23.3. The summed E-state index contributed by atoms with van der Waals surface area (Å²) in [7, 11) is 7.36. The van der Waals surface area contributed by atoms with Crippen LogP contribution >= 0.6 is 67.6 Å². The van der Waals surface area contributed by atoms with E-state index in [0.717, 1.165) is 29.6 Å². The minimum atomic E-state index is 0.292. The fourth-order valence-electron chi connectivity index (χ4n) is 9.25. The van der Waals surface area contributed by atoms with Gasteiger partial charge in [0.1, 0.15) is 20.1 Å². The zero-order valence-electron chi connectivity index (χ0n) is 40.8. The van der Waals surface area contributed by atoms with Gasteiger partial charge >= 0.3 is 0 Å². The summed E-state index contributed by atoms with van der Waals surface area (Å²) in [5.74, 6) is 2.34. The molecule has 0 radical (unpaired) electrons. The van der Waals surface area contributed by atoms with E-state index in [1.54, 1.807) is 0 Å². The highest BCUT2D eigenvalue weighted by molar-refractivity contribution is 8.79. The molecule has 2 aromatic heterocycles. The highest BCUT2D eigenvalue weighted by atomic mass is 33.1. The fourth-order valence-corrected chi connectivity index (χ4v) is 16.1. The standard InChI is InChI=1S/C54H68N4S6/c1-29(2)37-21-17-22-38(30(3)4)45(37)55-49-50(56(53(55)59)46-39(31(5)6)23-18-24-40(46)32(7)8)62-64-52-51(63-61-49)57(47-41(33(9)10)25-19-26-42(47)34(11)12)54(60)58(52)48-43(35(13)14)27-20-28-44(48)36(15)16/h17-36H,1-16H3. The number of rotatable bonds is 12. The first-order valence-corrected chi connectivity index (χ1v) is 28.4. The monoisotopic (exact) mass is 964 g/mol. The summed E-state index contributed by atoms with van der Waals surface area (Å²) >= 11 is 13.9. The largest absolute Gasteiger partial charge is 0.277 e. The molecule has 3 heterocycles. The highest BCUT2D eigenvalue weighted by Crippen LogP contribution is 2.58. The molecule has 0 saturated carbocycles. The van der Waals surface area contributed by atoms with Crippen LogP contribution in [0.25, 0.3) is 22.7 Å². The summed E-state index contributed by atoms with van der Waals surface area (Å²) in [4.78, 5) is 0. The lowest BCUT2D eigenvalue weighted by Gasteiger charge is -2.23. The molecule has 340 valence electrons. The third kappa shape index (κ3) is 8.75. The van der Waals surface area contributed by atoms with Crippen molar-refractivity contribution >= 4 is 67.6 Å². The predicted molar refractivity (Wildman–Crippen MR) is 288 cm³/mol. The fraction of sp³-hybridized carbons (Fsp3) is 0.444. The van der Waals surface area contributed by atoms with Gasteiger partial charge in [0.25, 0.3) is 0 Å². The van der Waals surface area contributed by atoms with E-state index in [1.807, 2.05) is 43.2 Å². The van der Waals surface area contributed by atoms with Gasteiger partial charge in [0.15, 0.2) is 9.54 Å². The van der Waals surface area contributed by atoms with E-state index in [4.69, 9.17) is 24.4 Å². The lowest BCUT2D eigenvalue weighted by atomic mass is 9.92. The second kappa shape index (κ2) is 19.8. The zero-order valence-corrected chi connectivity index (χ0v) is 45.7. The molecule has 0 spiro atoms. The SMILES string of the molecule is CC(C)c1cccc(C(C)C)c1-n1c2c(n(-c3c(C(C)C)cccc3C(C)C)c1=S)SSc1c(n(-c3c(C(C)C)cccc3C(C)C)c(=S)n1-c1c(C(C)C)cccc1C(C)C)SS2. The predicted octanol–water partition coefficient (Wildman–Crippen LogP) is 19.2. The molecule has 1 aliphatic rings. The smallest absolute Gasteiger partial charge is 0.191 e. The average molecular weight is 966 g/mol. The minimum absolute atomic E-state index is 0.292. The zero-order chi connectivity index (χ0) is 46.6. The van der Waals surface area contributed by atoms with Crippen molar-refractivity contribution in [2.75, 3.05) is 0 Å². The van der Waals surface area contributed by atoms with Gasteiger partial charge in [-0.1, -0.05) is 184 Å². The average Bonchev–Trinajstić information content (AvgIpc) is 3.65. The molecule has 0 unspecified atom stereocenters. The van der Waals surface area contributed by atoms with E-state index < -0.39 is 0 Å². The van der Waals surface area contributed by atoms with Crippen LogP contribution in [0, 0.1) is 9.54 Å². The second-order valence-electron chi connectivity index (χ2n) is 19.8. The van der Waals surface area contributed by atoms with Crippen molar-refractivity contribution in [3.05, 3.63) is 127 Å². The van der Waals surface area contributed by atoms with Crippen LogP contribution in [0.2, 0.25) is 0 Å². The second-order valence-corrected chi connectivity index (χ2v) is 24.8. The van der Waals surface area contributed by atoms with Crippen molar-refractivity contribution < 1.29 is 0 Å². The van der Waals surface area contributed by atoms with Crippen LogP contribution < -0.4 is 0 Å². The van der Waals surface area contributed by atoms with Crippen LogP contribution in [0.5, 0.6) is 0 Å². The normalized spacial score (nSPS) is 13.4. The summed E-state index contributed by atoms with van der Waals surface area (Å²) in [5.41, 5.74) is 15.3. The van der Waals surface area contributed by atoms with Crippen LogP contribution in [-0.4, -0.2) is 18.3 Å². The molecule has 0 fully saturated rings. The van der Waals surface area contributed by atoms with Crippen molar-refractivity contribution in [1.29, 1.82) is 0 Å². The molecule has 10 heteroatoms. The number of benzene rings is 4. The third-order valence-corrected chi connectivity index (χ3v) is 18.3. The maximum absolute atomic E-state index is 6.93. The number of aromatic nitrogens is 4. The van der Waals surface area contributed by atoms with Gasteiger partial charge in [0.05, 0.1) is 22.7 Å². The van der Waals surface area contributed by atoms with Gasteiger partial charge in [-0.05, 0) is 159 Å². The number of para-hydroxylation sites is 4. The van der Waals surface area contributed by atoms with E-state index in [0.29, 0.717) is 47.3 Å². The van der Waals surface area contributed by atoms with Crippen LogP contribution in [-0.2, 0) is 0 Å². The van der Waals surface area contributed by atoms with E-state index in [1.165, 1.54) is 67.3 Å². The third-order valence-electron chi connectivity index (χ3n) is 12.6. The number of hydrogen-bond donors (Lipinski definition) is 0. The van der Waals surface area contributed by atoms with Crippen molar-refractivity contribution in [3.8, 4) is 22.7 Å². The molecule has 4 nitrogen and oxygen atoms in total. The van der Waals surface area contributed by atoms with Gasteiger partial charge in [-0.15, -0.1) is 0 Å². The maximum Gasteiger partial charge on any atom is 0.191 e.